The molecular weight excluding hydrogens is 283 g/mol. The van der Waals surface area contributed by atoms with Crippen molar-refractivity contribution in [3.63, 3.8) is 0 Å². The van der Waals surface area contributed by atoms with Crippen LogP contribution in [0.4, 0.5) is 10.1 Å². The number of hydrogen-bond acceptors (Lipinski definition) is 4. The van der Waals surface area contributed by atoms with Gasteiger partial charge in [0.2, 0.25) is 10.0 Å². The molecule has 5 nitrogen and oxygen atoms in total. The fraction of sp³-hybridized carbons (Fsp3) is 0.538. The number of morpholine rings is 1. The van der Waals surface area contributed by atoms with Crippen molar-refractivity contribution < 1.29 is 17.5 Å². The maximum Gasteiger partial charge on any atom is 0.246 e. The zero-order chi connectivity index (χ0) is 15.1. The summed E-state index contributed by atoms with van der Waals surface area (Å²) in [7, 11) is -3.95. The van der Waals surface area contributed by atoms with Crippen molar-refractivity contribution in [1.82, 2.24) is 4.31 Å². The van der Waals surface area contributed by atoms with Crippen LogP contribution in [0.1, 0.15) is 19.4 Å². The van der Waals surface area contributed by atoms with Crippen LogP contribution in [-0.2, 0) is 14.8 Å². The summed E-state index contributed by atoms with van der Waals surface area (Å²) >= 11 is 0. The Labute approximate surface area is 118 Å². The molecule has 0 amide bonds. The Morgan fingerprint density at radius 2 is 2.05 bits per heavy atom. The second-order valence-corrected chi connectivity index (χ2v) is 7.42. The minimum absolute atomic E-state index is 0.197. The topological polar surface area (TPSA) is 72.6 Å². The molecule has 1 aromatic rings. The fourth-order valence-electron chi connectivity index (χ4n) is 2.36. The number of rotatable bonds is 2. The molecule has 0 unspecified atom stereocenters. The lowest BCUT2D eigenvalue weighted by Crippen LogP contribution is -2.55. The van der Waals surface area contributed by atoms with E-state index >= 15 is 0 Å². The van der Waals surface area contributed by atoms with E-state index in [0.29, 0.717) is 6.61 Å². The van der Waals surface area contributed by atoms with Gasteiger partial charge in [-0.15, -0.1) is 0 Å². The number of nitrogens with zero attached hydrogens (tertiary/aromatic N) is 1. The summed E-state index contributed by atoms with van der Waals surface area (Å²) in [6.07, 6.45) is 0. The quantitative estimate of drug-likeness (QED) is 0.841. The first-order chi connectivity index (χ1) is 9.16. The maximum absolute atomic E-state index is 14.2. The minimum Gasteiger partial charge on any atom is -0.399 e. The molecule has 1 fully saturated rings. The van der Waals surface area contributed by atoms with Crippen LogP contribution in [0.5, 0.6) is 0 Å². The van der Waals surface area contributed by atoms with Crippen LogP contribution < -0.4 is 5.73 Å². The van der Waals surface area contributed by atoms with E-state index in [1.807, 2.05) is 0 Å². The van der Waals surface area contributed by atoms with Crippen LogP contribution in [0.2, 0.25) is 0 Å². The Hall–Kier alpha value is -1.18. The maximum atomic E-state index is 14.2. The summed E-state index contributed by atoms with van der Waals surface area (Å²) in [5, 5.41) is 0. The molecule has 1 heterocycles. The van der Waals surface area contributed by atoms with Crippen LogP contribution in [0.25, 0.3) is 0 Å². The third-order valence-corrected chi connectivity index (χ3v) is 5.49. The van der Waals surface area contributed by atoms with Crippen molar-refractivity contribution in [2.75, 3.05) is 25.5 Å². The average Bonchev–Trinajstić information content (AvgIpc) is 2.32. The van der Waals surface area contributed by atoms with E-state index in [9.17, 15) is 12.8 Å². The summed E-state index contributed by atoms with van der Waals surface area (Å²) in [6.45, 7) is 5.76. The second kappa shape index (κ2) is 4.98. The van der Waals surface area contributed by atoms with Crippen molar-refractivity contribution in [3.8, 4) is 0 Å². The molecular formula is C13H19FN2O3S. The average molecular weight is 302 g/mol. The molecule has 0 bridgehead atoms. The first-order valence-electron chi connectivity index (χ1n) is 6.32. The molecule has 0 atom stereocenters. The van der Waals surface area contributed by atoms with Gasteiger partial charge in [-0.3, -0.25) is 0 Å². The third kappa shape index (κ3) is 2.53. The number of benzene rings is 1. The number of nitrogens with two attached hydrogens (primary N) is 1. The molecule has 0 spiro atoms. The van der Waals surface area contributed by atoms with Crippen molar-refractivity contribution in [3.05, 3.63) is 23.5 Å². The molecule has 1 aliphatic rings. The Morgan fingerprint density at radius 1 is 1.40 bits per heavy atom. The molecule has 2 N–H and O–H groups in total. The van der Waals surface area contributed by atoms with E-state index in [0.717, 1.165) is 0 Å². The minimum atomic E-state index is -3.95. The smallest absolute Gasteiger partial charge is 0.246 e. The summed E-state index contributed by atoms with van der Waals surface area (Å²) in [5.74, 6) is -0.749. The number of nitrogen functional groups attached to an aromatic ring is 1. The lowest BCUT2D eigenvalue weighted by Gasteiger charge is -2.40. The molecule has 7 heteroatoms. The van der Waals surface area contributed by atoms with E-state index in [2.05, 4.69) is 0 Å². The number of halogens is 1. The molecule has 112 valence electrons. The summed E-state index contributed by atoms with van der Waals surface area (Å²) in [6, 6.07) is 2.59. The molecule has 2 rings (SSSR count). The Balaban J connectivity index is 2.56. The zero-order valence-electron chi connectivity index (χ0n) is 11.8. The predicted octanol–water partition coefficient (Wildman–Crippen LogP) is 1.52. The third-order valence-electron chi connectivity index (χ3n) is 3.38. The SMILES string of the molecule is Cc1cc(N)cc(S(=O)(=O)N2CCOCC2(C)C)c1F. The molecule has 1 saturated heterocycles. The lowest BCUT2D eigenvalue weighted by molar-refractivity contribution is -0.00779. The van der Waals surface area contributed by atoms with E-state index in [-0.39, 0.29) is 29.3 Å². The Morgan fingerprint density at radius 3 is 2.65 bits per heavy atom. The lowest BCUT2D eigenvalue weighted by atomic mass is 10.1. The number of anilines is 1. The normalized spacial score (nSPS) is 20.0. The molecule has 0 radical (unpaired) electrons. The fourth-order valence-corrected chi connectivity index (χ4v) is 4.29. The van der Waals surface area contributed by atoms with Crippen LogP contribution in [0, 0.1) is 12.7 Å². The molecule has 20 heavy (non-hydrogen) atoms. The van der Waals surface area contributed by atoms with Crippen molar-refractivity contribution in [2.45, 2.75) is 31.2 Å². The van der Waals surface area contributed by atoms with Crippen LogP contribution in [-0.4, -0.2) is 38.0 Å². The van der Waals surface area contributed by atoms with Crippen LogP contribution in [0.3, 0.4) is 0 Å². The molecule has 1 aliphatic heterocycles. The van der Waals surface area contributed by atoms with Gasteiger partial charge in [0.15, 0.2) is 0 Å². The van der Waals surface area contributed by atoms with Gasteiger partial charge in [0.1, 0.15) is 10.7 Å². The first kappa shape index (κ1) is 15.2. The molecule has 0 aromatic heterocycles. The highest BCUT2D eigenvalue weighted by Gasteiger charge is 2.41. The monoisotopic (exact) mass is 302 g/mol. The van der Waals surface area contributed by atoms with E-state index in [1.54, 1.807) is 13.8 Å². The van der Waals surface area contributed by atoms with Gasteiger partial charge in [-0.05, 0) is 38.5 Å². The van der Waals surface area contributed by atoms with Crippen molar-refractivity contribution in [2.24, 2.45) is 0 Å². The molecule has 0 saturated carbocycles. The van der Waals surface area contributed by atoms with Gasteiger partial charge < -0.3 is 10.5 Å². The highest BCUT2D eigenvalue weighted by Crippen LogP contribution is 2.30. The van der Waals surface area contributed by atoms with Gasteiger partial charge >= 0.3 is 0 Å². The summed E-state index contributed by atoms with van der Waals surface area (Å²) in [4.78, 5) is -0.370. The van der Waals surface area contributed by atoms with Gasteiger partial charge in [-0.1, -0.05) is 0 Å². The molecule has 1 aromatic carbocycles. The van der Waals surface area contributed by atoms with Gasteiger partial charge in [0.05, 0.1) is 18.8 Å². The van der Waals surface area contributed by atoms with Gasteiger partial charge in [-0.25, -0.2) is 12.8 Å². The van der Waals surface area contributed by atoms with Crippen molar-refractivity contribution in [1.29, 1.82) is 0 Å². The van der Waals surface area contributed by atoms with E-state index in [4.69, 9.17) is 10.5 Å². The summed E-state index contributed by atoms with van der Waals surface area (Å²) in [5.41, 5.74) is 5.38. The van der Waals surface area contributed by atoms with E-state index < -0.39 is 21.4 Å². The standard InChI is InChI=1S/C13H19FN2O3S/c1-9-6-10(15)7-11(12(9)14)20(17,18)16-4-5-19-8-13(16,2)3/h6-7H,4-5,8,15H2,1-3H3. The second-order valence-electron chi connectivity index (χ2n) is 5.59. The van der Waals surface area contributed by atoms with Crippen LogP contribution >= 0.6 is 0 Å². The molecule has 0 aliphatic carbocycles. The number of sulfonamides is 1. The van der Waals surface area contributed by atoms with E-state index in [1.165, 1.54) is 23.4 Å². The summed E-state index contributed by atoms with van der Waals surface area (Å²) < 4.78 is 46.2. The first-order valence-corrected chi connectivity index (χ1v) is 7.76. The highest BCUT2D eigenvalue weighted by molar-refractivity contribution is 7.89. The zero-order valence-corrected chi connectivity index (χ0v) is 12.6. The van der Waals surface area contributed by atoms with Crippen molar-refractivity contribution >= 4 is 15.7 Å². The Kier molecular flexibility index (Phi) is 3.79. The number of aryl methyl sites for hydroxylation is 1. The largest absolute Gasteiger partial charge is 0.399 e. The number of hydrogen-bond donors (Lipinski definition) is 1. The van der Waals surface area contributed by atoms with Gasteiger partial charge in [-0.2, -0.15) is 4.31 Å². The Bertz CT molecular complexity index is 629. The van der Waals surface area contributed by atoms with Crippen LogP contribution in [0.15, 0.2) is 17.0 Å². The van der Waals surface area contributed by atoms with Gasteiger partial charge in [0, 0.05) is 12.2 Å². The predicted molar refractivity (Wildman–Crippen MR) is 74.3 cm³/mol. The number of ether oxygens (including phenoxy) is 1. The van der Waals surface area contributed by atoms with Gasteiger partial charge in [0.25, 0.3) is 0 Å². The highest BCUT2D eigenvalue weighted by atomic mass is 32.2.